The summed E-state index contributed by atoms with van der Waals surface area (Å²) in [5.41, 5.74) is 3.77. The number of phenols is 4. The van der Waals surface area contributed by atoms with E-state index in [1.54, 1.807) is 0 Å². The first-order valence-corrected chi connectivity index (χ1v) is 13.2. The summed E-state index contributed by atoms with van der Waals surface area (Å²) in [6.07, 6.45) is 6.19. The van der Waals surface area contributed by atoms with Crippen molar-refractivity contribution in [2.45, 2.75) is 88.5 Å². The molecule has 4 N–H and O–H groups in total. The minimum atomic E-state index is -0.530. The summed E-state index contributed by atoms with van der Waals surface area (Å²) >= 11 is 0. The predicted molar refractivity (Wildman–Crippen MR) is 161 cm³/mol. The van der Waals surface area contributed by atoms with Gasteiger partial charge in [-0.2, -0.15) is 0 Å². The molecule has 0 aliphatic rings. The molecule has 0 aliphatic heterocycles. The molecule has 0 aliphatic carbocycles. The van der Waals surface area contributed by atoms with Crippen LogP contribution < -0.4 is 5.43 Å². The van der Waals surface area contributed by atoms with Crippen LogP contribution in [0.15, 0.2) is 50.2 Å². The van der Waals surface area contributed by atoms with Crippen LogP contribution in [0.4, 0.5) is 0 Å². The fourth-order valence-corrected chi connectivity index (χ4v) is 3.87. The van der Waals surface area contributed by atoms with E-state index in [4.69, 9.17) is 4.42 Å². The Kier molecular flexibility index (Phi) is 10.1. The van der Waals surface area contributed by atoms with Crippen LogP contribution in [-0.2, 0) is 19.3 Å². The molecule has 1 heterocycles. The summed E-state index contributed by atoms with van der Waals surface area (Å²) < 4.78 is 6.06. The minimum Gasteiger partial charge on any atom is -0.507 e. The number of rotatable bonds is 6. The molecular weight excluding hydrogens is 492 g/mol. The summed E-state index contributed by atoms with van der Waals surface area (Å²) in [4.78, 5) is 13.8. The molecule has 0 amide bonds. The van der Waals surface area contributed by atoms with Crippen LogP contribution in [0.25, 0.3) is 21.9 Å². The van der Waals surface area contributed by atoms with E-state index in [1.807, 2.05) is 59.8 Å². The Bertz CT molecular complexity index is 1510. The number of hydrogen-bond donors (Lipinski definition) is 4. The lowest BCUT2D eigenvalue weighted by Gasteiger charge is -2.16. The van der Waals surface area contributed by atoms with E-state index in [9.17, 15) is 25.2 Å². The molecule has 6 heteroatoms. The smallest absolute Gasteiger partial charge is 0.204 e. The van der Waals surface area contributed by atoms with Crippen molar-refractivity contribution in [3.63, 3.8) is 0 Å². The lowest BCUT2D eigenvalue weighted by Crippen LogP contribution is -2.09. The van der Waals surface area contributed by atoms with Crippen molar-refractivity contribution in [2.24, 2.45) is 5.41 Å². The van der Waals surface area contributed by atoms with Gasteiger partial charge in [-0.05, 0) is 66.2 Å². The molecular formula is C33H44O6. The van der Waals surface area contributed by atoms with Crippen LogP contribution in [0, 0.1) is 5.41 Å². The van der Waals surface area contributed by atoms with Crippen molar-refractivity contribution in [2.75, 3.05) is 0 Å². The van der Waals surface area contributed by atoms with Gasteiger partial charge in [-0.25, -0.2) is 0 Å². The quantitative estimate of drug-likeness (QED) is 0.143. The zero-order valence-electron chi connectivity index (χ0n) is 25.0. The molecule has 0 radical (unpaired) electrons. The van der Waals surface area contributed by atoms with Gasteiger partial charge in [0.05, 0.1) is 5.39 Å². The number of phenolic OH excluding ortho intramolecular Hbond substituents is 4. The van der Waals surface area contributed by atoms with Crippen molar-refractivity contribution in [1.29, 1.82) is 0 Å². The van der Waals surface area contributed by atoms with Crippen LogP contribution >= 0.6 is 0 Å². The van der Waals surface area contributed by atoms with Gasteiger partial charge < -0.3 is 24.8 Å². The lowest BCUT2D eigenvalue weighted by molar-refractivity contribution is 0.397. The Hall–Kier alpha value is -3.67. The monoisotopic (exact) mass is 536 g/mol. The maximum absolute atomic E-state index is 13.8. The first-order valence-electron chi connectivity index (χ1n) is 13.2. The third kappa shape index (κ3) is 7.92. The number of hydrogen-bond acceptors (Lipinski definition) is 6. The minimum absolute atomic E-state index is 0.00477. The van der Waals surface area contributed by atoms with Crippen molar-refractivity contribution in [1.82, 2.24) is 0 Å². The zero-order chi connectivity index (χ0) is 29.8. The molecule has 0 fully saturated rings. The van der Waals surface area contributed by atoms with Gasteiger partial charge in [0.2, 0.25) is 5.43 Å². The molecule has 0 bridgehead atoms. The largest absolute Gasteiger partial charge is 0.507 e. The Morgan fingerprint density at radius 2 is 1.10 bits per heavy atom. The standard InChI is InChI=1S/C28H32O6.C5H12/c1-14(2)7-10-17-20(29)13-21-23(24(17)30)27(33)22-18(11-8-15(3)4)25(31)26(32)19(28(22)34-21)12-9-16(5)6;1-5(2,3)4/h7-9,13,29-32H,10-12H2,1-6H3;1-4H3. The van der Waals surface area contributed by atoms with Crippen molar-refractivity contribution in [3.8, 4) is 23.0 Å². The van der Waals surface area contributed by atoms with Gasteiger partial charge >= 0.3 is 0 Å². The van der Waals surface area contributed by atoms with Crippen LogP contribution in [0.5, 0.6) is 23.0 Å². The van der Waals surface area contributed by atoms with Gasteiger partial charge in [0.15, 0.2) is 11.5 Å². The molecule has 1 aromatic heterocycles. The third-order valence-corrected chi connectivity index (χ3v) is 5.75. The van der Waals surface area contributed by atoms with Gasteiger partial charge in [-0.15, -0.1) is 0 Å². The van der Waals surface area contributed by atoms with E-state index in [2.05, 4.69) is 27.7 Å². The van der Waals surface area contributed by atoms with Crippen molar-refractivity contribution < 1.29 is 24.8 Å². The number of aromatic hydroxyl groups is 4. The molecule has 0 atom stereocenters. The average molecular weight is 537 g/mol. The second-order valence-electron chi connectivity index (χ2n) is 12.3. The molecule has 0 unspecified atom stereocenters. The van der Waals surface area contributed by atoms with E-state index in [-0.39, 0.29) is 80.9 Å². The van der Waals surface area contributed by atoms with Gasteiger partial charge in [0.25, 0.3) is 0 Å². The molecule has 0 saturated heterocycles. The molecule has 39 heavy (non-hydrogen) atoms. The fourth-order valence-electron chi connectivity index (χ4n) is 3.87. The van der Waals surface area contributed by atoms with Crippen LogP contribution in [0.3, 0.4) is 0 Å². The van der Waals surface area contributed by atoms with Gasteiger partial charge in [-0.3, -0.25) is 4.79 Å². The number of allylic oxidation sites excluding steroid dienone is 6. The number of benzene rings is 2. The summed E-state index contributed by atoms with van der Waals surface area (Å²) in [5.74, 6) is -1.27. The van der Waals surface area contributed by atoms with Crippen LogP contribution in [0.1, 0.15) is 85.9 Å². The van der Waals surface area contributed by atoms with Gasteiger partial charge in [-0.1, -0.05) is 62.6 Å². The highest BCUT2D eigenvalue weighted by atomic mass is 16.3. The lowest BCUT2D eigenvalue weighted by atomic mass is 9.95. The Balaban J connectivity index is 0.000000976. The highest BCUT2D eigenvalue weighted by Gasteiger charge is 2.25. The van der Waals surface area contributed by atoms with Crippen molar-refractivity contribution in [3.05, 3.63) is 67.9 Å². The summed E-state index contributed by atoms with van der Waals surface area (Å²) in [6, 6.07) is 1.31. The van der Waals surface area contributed by atoms with Crippen molar-refractivity contribution >= 4 is 21.9 Å². The van der Waals surface area contributed by atoms with E-state index in [1.165, 1.54) is 6.07 Å². The van der Waals surface area contributed by atoms with E-state index >= 15 is 0 Å². The maximum atomic E-state index is 13.8. The van der Waals surface area contributed by atoms with Crippen LogP contribution in [-0.4, -0.2) is 20.4 Å². The predicted octanol–water partition coefficient (Wildman–Crippen LogP) is 8.35. The van der Waals surface area contributed by atoms with E-state index in [0.717, 1.165) is 16.7 Å². The van der Waals surface area contributed by atoms with E-state index in [0.29, 0.717) is 5.41 Å². The first kappa shape index (κ1) is 31.5. The molecule has 0 spiro atoms. The normalized spacial score (nSPS) is 11.1. The van der Waals surface area contributed by atoms with Gasteiger partial charge in [0.1, 0.15) is 28.1 Å². The Labute approximate surface area is 231 Å². The zero-order valence-corrected chi connectivity index (χ0v) is 25.0. The van der Waals surface area contributed by atoms with Gasteiger partial charge in [0, 0.05) is 22.8 Å². The molecule has 212 valence electrons. The highest BCUT2D eigenvalue weighted by Crippen LogP contribution is 2.43. The molecule has 2 aromatic carbocycles. The molecule has 6 nitrogen and oxygen atoms in total. The summed E-state index contributed by atoms with van der Waals surface area (Å²) in [5, 5.41) is 43.3. The highest BCUT2D eigenvalue weighted by molar-refractivity contribution is 5.99. The first-order chi connectivity index (χ1) is 17.9. The molecule has 3 aromatic rings. The molecule has 0 saturated carbocycles. The maximum Gasteiger partial charge on any atom is 0.204 e. The second-order valence-corrected chi connectivity index (χ2v) is 12.3. The molecule has 3 rings (SSSR count). The Morgan fingerprint density at radius 1 is 0.692 bits per heavy atom. The summed E-state index contributed by atoms with van der Waals surface area (Å²) in [6.45, 7) is 20.1. The Morgan fingerprint density at radius 3 is 1.56 bits per heavy atom. The van der Waals surface area contributed by atoms with Crippen LogP contribution in [0.2, 0.25) is 0 Å². The topological polar surface area (TPSA) is 111 Å². The van der Waals surface area contributed by atoms with E-state index < -0.39 is 5.43 Å². The third-order valence-electron chi connectivity index (χ3n) is 5.75. The number of fused-ring (bicyclic) bond motifs is 2. The SMILES string of the molecule is CC(C)(C)C.CC(C)=CCc1c(O)cc2oc3c(CC=C(C)C)c(O)c(O)c(CC=C(C)C)c3c(=O)c2c1O. The fraction of sp³-hybridized carbons (Fsp3) is 0.424. The summed E-state index contributed by atoms with van der Waals surface area (Å²) in [7, 11) is 0. The average Bonchev–Trinajstić information content (AvgIpc) is 2.77. The second kappa shape index (κ2) is 12.5.